The smallest absolute Gasteiger partial charge is 0.0467 e. The summed E-state index contributed by atoms with van der Waals surface area (Å²) in [4.78, 5) is 4.95. The Bertz CT molecular complexity index is 4850. The van der Waals surface area contributed by atoms with E-state index in [0.717, 1.165) is 34.1 Å². The molecule has 15 aromatic carbocycles. The summed E-state index contributed by atoms with van der Waals surface area (Å²) in [6.07, 6.45) is 0. The van der Waals surface area contributed by atoms with Gasteiger partial charge >= 0.3 is 0 Å². The summed E-state index contributed by atoms with van der Waals surface area (Å²) in [7, 11) is 0. The zero-order valence-electron chi connectivity index (χ0n) is 52.8. The molecule has 0 aromatic heterocycles. The maximum Gasteiger partial charge on any atom is 0.0467 e. The van der Waals surface area contributed by atoms with E-state index in [-0.39, 0.29) is 10.8 Å². The van der Waals surface area contributed by atoms with Crippen molar-refractivity contribution in [2.45, 2.75) is 52.4 Å². The van der Waals surface area contributed by atoms with Crippen LogP contribution >= 0.6 is 0 Å². The third kappa shape index (κ3) is 8.76. The second-order valence-corrected chi connectivity index (χ2v) is 26.5. The number of fused-ring (bicyclic) bond motifs is 11. The number of aryl methyl sites for hydroxylation is 2. The molecule has 17 rings (SSSR count). The molecule has 0 unspecified atom stereocenters. The molecule has 0 heterocycles. The van der Waals surface area contributed by atoms with Crippen LogP contribution in [0.5, 0.6) is 0 Å². The molecule has 2 nitrogen and oxygen atoms in total. The van der Waals surface area contributed by atoms with Gasteiger partial charge in [-0.25, -0.2) is 0 Å². The quantitative estimate of drug-likeness (QED) is 0.135. The van der Waals surface area contributed by atoms with Gasteiger partial charge in [-0.3, -0.25) is 0 Å². The summed E-state index contributed by atoms with van der Waals surface area (Å²) in [5.41, 5.74) is 29.3. The van der Waals surface area contributed by atoms with Gasteiger partial charge in [-0.05, 0) is 230 Å². The maximum absolute atomic E-state index is 2.51. The zero-order valence-corrected chi connectivity index (χ0v) is 52.8. The fraction of sp³-hybridized carbons (Fsp3) is 0.0889. The lowest BCUT2D eigenvalue weighted by molar-refractivity contribution is 0.601. The molecule has 0 atom stereocenters. The molecule has 15 aromatic rings. The van der Waals surface area contributed by atoms with Crippen LogP contribution in [0.4, 0.5) is 34.1 Å². The molecule has 0 amide bonds. The lowest BCUT2D eigenvalue weighted by Gasteiger charge is -2.32. The Hall–Kier alpha value is -11.1. The molecule has 2 heteroatoms. The Morgan fingerprint density at radius 1 is 0.228 bits per heavy atom. The Labute approximate surface area is 539 Å². The first-order valence-corrected chi connectivity index (χ1v) is 32.4. The molecule has 0 fully saturated rings. The molecule has 2 aliphatic rings. The van der Waals surface area contributed by atoms with Crippen molar-refractivity contribution in [3.63, 3.8) is 0 Å². The van der Waals surface area contributed by atoms with Crippen LogP contribution in [0.15, 0.2) is 303 Å². The van der Waals surface area contributed by atoms with Gasteiger partial charge in [0.05, 0.1) is 0 Å². The van der Waals surface area contributed by atoms with Gasteiger partial charge in [0.1, 0.15) is 0 Å². The molecule has 0 radical (unpaired) electrons. The normalized spacial score (nSPS) is 13.3. The van der Waals surface area contributed by atoms with E-state index in [9.17, 15) is 0 Å². The average Bonchev–Trinajstić information content (AvgIpc) is 1.52. The highest BCUT2D eigenvalue weighted by Crippen LogP contribution is 2.62. The Balaban J connectivity index is 0.768. The summed E-state index contributed by atoms with van der Waals surface area (Å²) in [5.74, 6) is 0. The summed E-state index contributed by atoms with van der Waals surface area (Å²) in [6, 6.07) is 113. The standard InChI is InChI=1S/C90H68N2/c1-57-53-71(91(67-43-35-63(36-44-67)77-31-15-23-59-19-7-11-27-73(59)77)68-45-37-64(38-46-68)78-32-16-24-60-20-8-12-28-74(60)78)55-83-85(57)81-51-52-82-86-58(2)54-72(56-84(86)90(5,6)88(82)87(81)89(83,3)4)92(69-47-39-65(40-48-69)79-33-17-25-61-21-9-13-29-75(61)79)70-49-41-66(42-50-70)80-34-18-26-62-22-10-14-30-76(62)80/h7-56H,1-6H3. The third-order valence-electron chi connectivity index (χ3n) is 20.4. The summed E-state index contributed by atoms with van der Waals surface area (Å²) in [6.45, 7) is 14.6. The number of hydrogen-bond acceptors (Lipinski definition) is 2. The van der Waals surface area contributed by atoms with Gasteiger partial charge in [-0.1, -0.05) is 258 Å². The zero-order chi connectivity index (χ0) is 62.0. The summed E-state index contributed by atoms with van der Waals surface area (Å²) in [5, 5.41) is 10.0. The van der Waals surface area contributed by atoms with Crippen LogP contribution in [0.3, 0.4) is 0 Å². The molecule has 0 N–H and O–H groups in total. The van der Waals surface area contributed by atoms with Crippen molar-refractivity contribution in [1.82, 2.24) is 0 Å². The van der Waals surface area contributed by atoms with Crippen molar-refractivity contribution in [2.75, 3.05) is 9.80 Å². The number of nitrogens with zero attached hydrogens (tertiary/aromatic N) is 2. The summed E-state index contributed by atoms with van der Waals surface area (Å²) < 4.78 is 0. The first kappa shape index (κ1) is 55.0. The van der Waals surface area contributed by atoms with E-state index in [4.69, 9.17) is 0 Å². The van der Waals surface area contributed by atoms with Gasteiger partial charge in [-0.15, -0.1) is 0 Å². The van der Waals surface area contributed by atoms with E-state index >= 15 is 0 Å². The van der Waals surface area contributed by atoms with Crippen molar-refractivity contribution in [2.24, 2.45) is 0 Å². The van der Waals surface area contributed by atoms with Crippen molar-refractivity contribution in [1.29, 1.82) is 0 Å². The van der Waals surface area contributed by atoms with E-state index < -0.39 is 0 Å². The highest BCUT2D eigenvalue weighted by atomic mass is 15.1. The number of anilines is 6. The number of hydrogen-bond donors (Lipinski definition) is 0. The summed E-state index contributed by atoms with van der Waals surface area (Å²) >= 11 is 0. The second-order valence-electron chi connectivity index (χ2n) is 26.5. The van der Waals surface area contributed by atoms with Crippen LogP contribution in [0.1, 0.15) is 61.1 Å². The molecule has 0 bridgehead atoms. The monoisotopic (exact) mass is 1180 g/mol. The van der Waals surface area contributed by atoms with E-state index in [1.54, 1.807) is 0 Å². The molecular weight excluding hydrogens is 1110 g/mol. The van der Waals surface area contributed by atoms with Crippen molar-refractivity contribution >= 4 is 77.2 Å². The lowest BCUT2D eigenvalue weighted by Crippen LogP contribution is -2.24. The highest BCUT2D eigenvalue weighted by Gasteiger charge is 2.47. The maximum atomic E-state index is 2.51. The minimum absolute atomic E-state index is 0.335. The van der Waals surface area contributed by atoms with Crippen molar-refractivity contribution < 1.29 is 0 Å². The van der Waals surface area contributed by atoms with Gasteiger partial charge in [-0.2, -0.15) is 0 Å². The van der Waals surface area contributed by atoms with Gasteiger partial charge < -0.3 is 9.80 Å². The Kier molecular flexibility index (Phi) is 12.7. The van der Waals surface area contributed by atoms with E-state index in [1.165, 1.54) is 143 Å². The van der Waals surface area contributed by atoms with Gasteiger partial charge in [0.25, 0.3) is 0 Å². The SMILES string of the molecule is Cc1cc(N(c2ccc(-c3cccc4ccccc34)cc2)c2ccc(-c3cccc4ccccc34)cc2)cc2c1-c1ccc3c(c1C2(C)C)C(C)(C)c1cc(N(c2ccc(-c4cccc5ccccc45)cc2)c2ccc(-c4cccc5ccccc45)cc2)cc(C)c1-3. The predicted molar refractivity (Wildman–Crippen MR) is 392 cm³/mol. The molecular formula is C90H68N2. The molecule has 2 aliphatic carbocycles. The first-order chi connectivity index (χ1) is 45.0. The van der Waals surface area contributed by atoms with Gasteiger partial charge in [0.15, 0.2) is 0 Å². The largest absolute Gasteiger partial charge is 0.310 e. The molecule has 0 saturated heterocycles. The minimum Gasteiger partial charge on any atom is -0.310 e. The Morgan fingerprint density at radius 2 is 0.478 bits per heavy atom. The minimum atomic E-state index is -0.335. The highest BCUT2D eigenvalue weighted by molar-refractivity contribution is 6.02. The van der Waals surface area contributed by atoms with Crippen LogP contribution in [-0.4, -0.2) is 0 Å². The van der Waals surface area contributed by atoms with Crippen molar-refractivity contribution in [3.05, 3.63) is 337 Å². The molecule has 0 spiro atoms. The topological polar surface area (TPSA) is 6.48 Å². The third-order valence-corrected chi connectivity index (χ3v) is 20.4. The Morgan fingerprint density at radius 3 is 0.750 bits per heavy atom. The van der Waals surface area contributed by atoms with Crippen LogP contribution in [0, 0.1) is 13.8 Å². The average molecular weight is 1180 g/mol. The molecule has 0 saturated carbocycles. The van der Waals surface area contributed by atoms with Crippen LogP contribution < -0.4 is 9.80 Å². The fourth-order valence-corrected chi connectivity index (χ4v) is 16.0. The molecule has 92 heavy (non-hydrogen) atoms. The van der Waals surface area contributed by atoms with E-state index in [0.29, 0.717) is 0 Å². The lowest BCUT2D eigenvalue weighted by atomic mass is 9.72. The van der Waals surface area contributed by atoms with Gasteiger partial charge in [0.2, 0.25) is 0 Å². The first-order valence-electron chi connectivity index (χ1n) is 32.4. The van der Waals surface area contributed by atoms with Crippen LogP contribution in [0.2, 0.25) is 0 Å². The fourth-order valence-electron chi connectivity index (χ4n) is 16.0. The van der Waals surface area contributed by atoms with E-state index in [1.807, 2.05) is 0 Å². The van der Waals surface area contributed by atoms with Gasteiger partial charge in [0, 0.05) is 45.0 Å². The van der Waals surface area contributed by atoms with Crippen LogP contribution in [0.25, 0.3) is 110 Å². The number of benzene rings is 15. The second kappa shape index (κ2) is 21.3. The number of rotatable bonds is 10. The van der Waals surface area contributed by atoms with Crippen molar-refractivity contribution in [3.8, 4) is 66.8 Å². The molecule has 438 valence electrons. The van der Waals surface area contributed by atoms with Crippen LogP contribution in [-0.2, 0) is 10.8 Å². The predicted octanol–water partition coefficient (Wildman–Crippen LogP) is 25.1. The molecule has 0 aliphatic heterocycles. The van der Waals surface area contributed by atoms with E-state index in [2.05, 4.69) is 355 Å².